The van der Waals surface area contributed by atoms with Gasteiger partial charge in [-0.25, -0.2) is 0 Å². The second kappa shape index (κ2) is 5.65. The number of nitrogens with one attached hydrogen (secondary N) is 1. The highest BCUT2D eigenvalue weighted by Crippen LogP contribution is 2.35. The van der Waals surface area contributed by atoms with Crippen molar-refractivity contribution >= 4 is 17.4 Å². The minimum Gasteiger partial charge on any atom is -0.457 e. The summed E-state index contributed by atoms with van der Waals surface area (Å²) in [6.45, 7) is 0. The molecule has 110 valence electrons. The van der Waals surface area contributed by atoms with Crippen LogP contribution in [0.25, 0.3) is 0 Å². The molecule has 0 saturated carbocycles. The van der Waals surface area contributed by atoms with Crippen molar-refractivity contribution < 1.29 is 17.9 Å². The zero-order valence-corrected chi connectivity index (χ0v) is 11.3. The first-order valence-corrected chi connectivity index (χ1v) is 6.14. The zero-order valence-electron chi connectivity index (χ0n) is 10.5. The molecule has 0 radical (unpaired) electrons. The molecule has 0 aliphatic carbocycles. The van der Waals surface area contributed by atoms with Gasteiger partial charge in [0.05, 0.1) is 5.56 Å². The van der Waals surface area contributed by atoms with Gasteiger partial charge in [0.25, 0.3) is 0 Å². The highest BCUT2D eigenvalue weighted by atomic mass is 35.5. The lowest BCUT2D eigenvalue weighted by Crippen LogP contribution is -2.18. The molecule has 0 heterocycles. The molecule has 0 atom stereocenters. The van der Waals surface area contributed by atoms with Crippen LogP contribution in [0, 0.1) is 5.41 Å². The van der Waals surface area contributed by atoms with Gasteiger partial charge in [0, 0.05) is 10.6 Å². The normalized spacial score (nSPS) is 11.2. The molecule has 0 aromatic heterocycles. The van der Waals surface area contributed by atoms with E-state index < -0.39 is 17.6 Å². The Labute approximate surface area is 123 Å². The molecule has 3 nitrogen and oxygen atoms in total. The van der Waals surface area contributed by atoms with Gasteiger partial charge >= 0.3 is 6.18 Å². The summed E-state index contributed by atoms with van der Waals surface area (Å²) in [4.78, 5) is 0. The van der Waals surface area contributed by atoms with Gasteiger partial charge in [0.15, 0.2) is 0 Å². The number of rotatable bonds is 3. The van der Waals surface area contributed by atoms with E-state index in [1.165, 1.54) is 12.1 Å². The molecular weight excluding hydrogens is 305 g/mol. The van der Waals surface area contributed by atoms with Gasteiger partial charge in [-0.1, -0.05) is 17.7 Å². The Morgan fingerprint density at radius 3 is 2.33 bits per heavy atom. The molecule has 0 saturated heterocycles. The van der Waals surface area contributed by atoms with Crippen LogP contribution < -0.4 is 10.5 Å². The smallest absolute Gasteiger partial charge is 0.417 e. The number of alkyl halides is 3. The third kappa shape index (κ3) is 3.66. The van der Waals surface area contributed by atoms with Crippen LogP contribution in [-0.4, -0.2) is 5.84 Å². The van der Waals surface area contributed by atoms with Crippen LogP contribution in [0.4, 0.5) is 13.2 Å². The molecule has 7 heteroatoms. The number of hydrogen-bond donors (Lipinski definition) is 2. The summed E-state index contributed by atoms with van der Waals surface area (Å²) in [5.41, 5.74) is 3.75. The first-order chi connectivity index (χ1) is 9.77. The molecule has 0 fully saturated rings. The van der Waals surface area contributed by atoms with Gasteiger partial charge in [-0.05, 0) is 36.4 Å². The molecule has 3 N–H and O–H groups in total. The van der Waals surface area contributed by atoms with E-state index in [4.69, 9.17) is 27.5 Å². The fraction of sp³-hybridized carbons (Fsp3) is 0.0714. The Bertz CT molecular complexity index is 686. The molecule has 0 aliphatic rings. The third-order valence-electron chi connectivity index (χ3n) is 2.62. The lowest BCUT2D eigenvalue weighted by atomic mass is 10.1. The molecule has 0 aliphatic heterocycles. The van der Waals surface area contributed by atoms with E-state index in [0.29, 0.717) is 10.8 Å². The van der Waals surface area contributed by atoms with Crippen molar-refractivity contribution in [3.8, 4) is 11.5 Å². The average molecular weight is 315 g/mol. The van der Waals surface area contributed by atoms with Gasteiger partial charge in [-0.15, -0.1) is 0 Å². The van der Waals surface area contributed by atoms with E-state index in [0.717, 1.165) is 12.1 Å². The molecular formula is C14H10ClF3N2O. The number of amidine groups is 1. The van der Waals surface area contributed by atoms with Crippen molar-refractivity contribution in [2.45, 2.75) is 6.18 Å². The molecule has 0 amide bonds. The number of halogens is 4. The van der Waals surface area contributed by atoms with E-state index >= 15 is 0 Å². The first-order valence-electron chi connectivity index (χ1n) is 5.76. The van der Waals surface area contributed by atoms with Gasteiger partial charge in [0.2, 0.25) is 0 Å². The number of nitrogen functional groups attached to an aromatic ring is 1. The van der Waals surface area contributed by atoms with E-state index in [1.807, 2.05) is 0 Å². The zero-order chi connectivity index (χ0) is 15.6. The summed E-state index contributed by atoms with van der Waals surface area (Å²) in [7, 11) is 0. The standard InChI is InChI=1S/C14H10ClF3N2O/c15-8-2-1-3-9(6-8)21-10-4-5-11(13(19)20)12(7-10)14(16,17)18/h1-7H,(H3,19,20). The second-order valence-corrected chi connectivity index (χ2v) is 4.61. The molecule has 0 bridgehead atoms. The van der Waals surface area contributed by atoms with Crippen LogP contribution in [-0.2, 0) is 6.18 Å². The van der Waals surface area contributed by atoms with Crippen molar-refractivity contribution in [1.29, 1.82) is 5.41 Å². The van der Waals surface area contributed by atoms with Gasteiger partial charge in [-0.2, -0.15) is 13.2 Å². The maximum absolute atomic E-state index is 13.0. The molecule has 2 rings (SSSR count). The topological polar surface area (TPSA) is 59.1 Å². The van der Waals surface area contributed by atoms with Gasteiger partial charge in [0.1, 0.15) is 17.3 Å². The first kappa shape index (κ1) is 15.2. The predicted octanol–water partition coefficient (Wildman–Crippen LogP) is 4.44. The predicted molar refractivity (Wildman–Crippen MR) is 74.0 cm³/mol. The minimum atomic E-state index is -4.63. The quantitative estimate of drug-likeness (QED) is 0.650. The fourth-order valence-corrected chi connectivity index (χ4v) is 1.90. The lowest BCUT2D eigenvalue weighted by Gasteiger charge is -2.14. The summed E-state index contributed by atoms with van der Waals surface area (Å²) in [6.07, 6.45) is -4.63. The van der Waals surface area contributed by atoms with Crippen LogP contribution >= 0.6 is 11.6 Å². The monoisotopic (exact) mass is 314 g/mol. The Kier molecular flexibility index (Phi) is 4.09. The maximum atomic E-state index is 13.0. The van der Waals surface area contributed by atoms with Crippen LogP contribution in [0.5, 0.6) is 11.5 Å². The van der Waals surface area contributed by atoms with Gasteiger partial charge in [-0.3, -0.25) is 5.41 Å². The largest absolute Gasteiger partial charge is 0.457 e. The second-order valence-electron chi connectivity index (χ2n) is 4.18. The minimum absolute atomic E-state index is 0.0189. The maximum Gasteiger partial charge on any atom is 0.417 e. The molecule has 0 unspecified atom stereocenters. The Balaban J connectivity index is 2.40. The van der Waals surface area contributed by atoms with Crippen LogP contribution in [0.15, 0.2) is 42.5 Å². The Morgan fingerprint density at radius 1 is 1.10 bits per heavy atom. The number of benzene rings is 2. The SMILES string of the molecule is N=C(N)c1ccc(Oc2cccc(Cl)c2)cc1C(F)(F)F. The van der Waals surface area contributed by atoms with Crippen LogP contribution in [0.1, 0.15) is 11.1 Å². The average Bonchev–Trinajstić information content (AvgIpc) is 2.37. The lowest BCUT2D eigenvalue weighted by molar-refractivity contribution is -0.137. The van der Waals surface area contributed by atoms with E-state index in [2.05, 4.69) is 0 Å². The van der Waals surface area contributed by atoms with E-state index in [1.54, 1.807) is 18.2 Å². The Hall–Kier alpha value is -2.21. The molecule has 2 aromatic rings. The summed E-state index contributed by atoms with van der Waals surface area (Å²) in [5.74, 6) is -0.363. The van der Waals surface area contributed by atoms with Crippen LogP contribution in [0.3, 0.4) is 0 Å². The summed E-state index contributed by atoms with van der Waals surface area (Å²) in [6, 6.07) is 9.50. The third-order valence-corrected chi connectivity index (χ3v) is 2.85. The summed E-state index contributed by atoms with van der Waals surface area (Å²) in [5, 5.41) is 7.60. The van der Waals surface area contributed by atoms with Crippen LogP contribution in [0.2, 0.25) is 5.02 Å². The molecule has 2 aromatic carbocycles. The van der Waals surface area contributed by atoms with Crippen molar-refractivity contribution in [2.24, 2.45) is 5.73 Å². The Morgan fingerprint density at radius 2 is 1.76 bits per heavy atom. The van der Waals surface area contributed by atoms with Crippen molar-refractivity contribution in [3.63, 3.8) is 0 Å². The molecule has 21 heavy (non-hydrogen) atoms. The highest BCUT2D eigenvalue weighted by molar-refractivity contribution is 6.30. The van der Waals surface area contributed by atoms with E-state index in [-0.39, 0.29) is 11.3 Å². The van der Waals surface area contributed by atoms with Crippen molar-refractivity contribution in [1.82, 2.24) is 0 Å². The van der Waals surface area contributed by atoms with Gasteiger partial charge < -0.3 is 10.5 Å². The summed E-state index contributed by atoms with van der Waals surface area (Å²) < 4.78 is 44.2. The number of hydrogen-bond acceptors (Lipinski definition) is 2. The summed E-state index contributed by atoms with van der Waals surface area (Å²) >= 11 is 5.78. The number of nitrogens with two attached hydrogens (primary N) is 1. The fourth-order valence-electron chi connectivity index (χ4n) is 1.72. The van der Waals surface area contributed by atoms with E-state index in [9.17, 15) is 13.2 Å². The van der Waals surface area contributed by atoms with Crippen molar-refractivity contribution in [3.05, 3.63) is 58.6 Å². The van der Waals surface area contributed by atoms with Crippen molar-refractivity contribution in [2.75, 3.05) is 0 Å². The molecule has 0 spiro atoms. The number of ether oxygens (including phenoxy) is 1. The highest BCUT2D eigenvalue weighted by Gasteiger charge is 2.34.